The lowest BCUT2D eigenvalue weighted by molar-refractivity contribution is -0.131. The first-order valence-electron chi connectivity index (χ1n) is 7.94. The van der Waals surface area contributed by atoms with Crippen LogP contribution in [0.15, 0.2) is 34.8 Å². The third-order valence-electron chi connectivity index (χ3n) is 4.06. The van der Waals surface area contributed by atoms with Gasteiger partial charge < -0.3 is 10.2 Å². The minimum atomic E-state index is -0.110. The molecule has 1 saturated heterocycles. The number of piperidine rings is 1. The van der Waals surface area contributed by atoms with Crippen LogP contribution in [-0.2, 0) is 9.59 Å². The molecule has 1 aromatic carbocycles. The highest BCUT2D eigenvalue weighted by Crippen LogP contribution is 2.17. The van der Waals surface area contributed by atoms with Gasteiger partial charge in [-0.2, -0.15) is 5.26 Å². The summed E-state index contributed by atoms with van der Waals surface area (Å²) in [6.07, 6.45) is 4.98. The van der Waals surface area contributed by atoms with Crippen LogP contribution < -0.4 is 5.32 Å². The van der Waals surface area contributed by atoms with Crippen LogP contribution in [0, 0.1) is 17.2 Å². The fourth-order valence-electron chi connectivity index (χ4n) is 2.62. The summed E-state index contributed by atoms with van der Waals surface area (Å²) in [5, 5.41) is 11.5. The molecule has 0 radical (unpaired) electrons. The number of benzene rings is 1. The summed E-state index contributed by atoms with van der Waals surface area (Å²) in [4.78, 5) is 25.2. The molecule has 0 spiro atoms. The van der Waals surface area contributed by atoms with Crippen LogP contribution in [0.5, 0.6) is 0 Å². The monoisotopic (exact) mass is 389 g/mol. The molecular weight excluding hydrogens is 370 g/mol. The van der Waals surface area contributed by atoms with Gasteiger partial charge in [-0.15, -0.1) is 0 Å². The molecule has 0 aliphatic carbocycles. The summed E-state index contributed by atoms with van der Waals surface area (Å²) < 4.78 is 1.00. The van der Waals surface area contributed by atoms with E-state index in [1.54, 1.807) is 11.0 Å². The van der Waals surface area contributed by atoms with Crippen molar-refractivity contribution in [2.24, 2.45) is 5.92 Å². The number of nitrogens with zero attached hydrogens (tertiary/aromatic N) is 2. The Morgan fingerprint density at radius 1 is 1.29 bits per heavy atom. The highest BCUT2D eigenvalue weighted by molar-refractivity contribution is 9.10. The fourth-order valence-corrected chi connectivity index (χ4v) is 2.88. The average molecular weight is 390 g/mol. The van der Waals surface area contributed by atoms with Gasteiger partial charge in [0.2, 0.25) is 11.8 Å². The molecule has 0 aromatic heterocycles. The van der Waals surface area contributed by atoms with Crippen LogP contribution in [0.4, 0.5) is 0 Å². The summed E-state index contributed by atoms with van der Waals surface area (Å²) in [6.45, 7) is 1.94. The third kappa shape index (κ3) is 5.82. The van der Waals surface area contributed by atoms with E-state index in [9.17, 15) is 9.59 Å². The Balaban J connectivity index is 1.70. The first-order chi connectivity index (χ1) is 11.6. The molecule has 1 aliphatic heterocycles. The van der Waals surface area contributed by atoms with Gasteiger partial charge in [0.1, 0.15) is 6.42 Å². The van der Waals surface area contributed by atoms with Crippen molar-refractivity contribution in [1.29, 1.82) is 5.26 Å². The SMILES string of the molecule is N#CCC(=O)N1CCC(CNC(=O)/C=C/c2ccc(Br)cc2)CC1. The number of carbonyl (C=O) groups is 2. The molecule has 6 heteroatoms. The molecule has 0 unspecified atom stereocenters. The highest BCUT2D eigenvalue weighted by Gasteiger charge is 2.22. The van der Waals surface area contributed by atoms with E-state index in [1.165, 1.54) is 6.08 Å². The molecule has 2 amide bonds. The molecule has 2 rings (SSSR count). The number of carbonyl (C=O) groups excluding carboxylic acids is 2. The molecule has 0 atom stereocenters. The number of nitrogens with one attached hydrogen (secondary N) is 1. The second-order valence-electron chi connectivity index (χ2n) is 5.79. The lowest BCUT2D eigenvalue weighted by Crippen LogP contribution is -2.41. The Morgan fingerprint density at radius 3 is 2.58 bits per heavy atom. The zero-order valence-electron chi connectivity index (χ0n) is 13.4. The summed E-state index contributed by atoms with van der Waals surface area (Å²) >= 11 is 3.37. The Labute approximate surface area is 150 Å². The summed E-state index contributed by atoms with van der Waals surface area (Å²) in [6, 6.07) is 9.61. The van der Waals surface area contributed by atoms with E-state index in [0.717, 1.165) is 22.9 Å². The Bertz CT molecular complexity index is 641. The van der Waals surface area contributed by atoms with Crippen molar-refractivity contribution in [2.45, 2.75) is 19.3 Å². The third-order valence-corrected chi connectivity index (χ3v) is 4.59. The topological polar surface area (TPSA) is 73.2 Å². The highest BCUT2D eigenvalue weighted by atomic mass is 79.9. The second kappa shape index (κ2) is 9.24. The molecule has 126 valence electrons. The maximum Gasteiger partial charge on any atom is 0.244 e. The summed E-state index contributed by atoms with van der Waals surface area (Å²) in [5.74, 6) is 0.166. The van der Waals surface area contributed by atoms with Gasteiger partial charge in [0.15, 0.2) is 0 Å². The van der Waals surface area contributed by atoms with Crippen molar-refractivity contribution < 1.29 is 9.59 Å². The number of nitriles is 1. The molecular formula is C18H20BrN3O2. The van der Waals surface area contributed by atoms with Gasteiger partial charge in [0.25, 0.3) is 0 Å². The lowest BCUT2D eigenvalue weighted by Gasteiger charge is -2.31. The summed E-state index contributed by atoms with van der Waals surface area (Å²) in [5.41, 5.74) is 0.970. The van der Waals surface area contributed by atoms with Gasteiger partial charge >= 0.3 is 0 Å². The van der Waals surface area contributed by atoms with Crippen molar-refractivity contribution in [2.75, 3.05) is 19.6 Å². The van der Waals surface area contributed by atoms with Gasteiger partial charge in [-0.25, -0.2) is 0 Å². The normalized spacial score (nSPS) is 15.2. The van der Waals surface area contributed by atoms with Gasteiger partial charge in [-0.05, 0) is 42.5 Å². The van der Waals surface area contributed by atoms with Gasteiger partial charge in [0, 0.05) is 30.2 Å². The van der Waals surface area contributed by atoms with Crippen LogP contribution in [0.1, 0.15) is 24.8 Å². The zero-order chi connectivity index (χ0) is 17.4. The minimum Gasteiger partial charge on any atom is -0.352 e. The Hall–Kier alpha value is -2.13. The van der Waals surface area contributed by atoms with Crippen molar-refractivity contribution in [3.05, 3.63) is 40.4 Å². The molecule has 1 aliphatic rings. The molecule has 1 aromatic rings. The summed E-state index contributed by atoms with van der Waals surface area (Å²) in [7, 11) is 0. The van der Waals surface area contributed by atoms with Crippen LogP contribution >= 0.6 is 15.9 Å². The number of likely N-dealkylation sites (tertiary alicyclic amines) is 1. The molecule has 0 saturated carbocycles. The van der Waals surface area contributed by atoms with E-state index in [4.69, 9.17) is 5.26 Å². The second-order valence-corrected chi connectivity index (χ2v) is 6.70. The molecule has 1 fully saturated rings. The lowest BCUT2D eigenvalue weighted by atomic mass is 9.96. The standard InChI is InChI=1S/C18H20BrN3O2/c19-16-4-1-14(2-5-16)3-6-17(23)21-13-15-8-11-22(12-9-15)18(24)7-10-20/h1-6,15H,7-9,11-13H2,(H,21,23)/b6-3+. The molecule has 0 bridgehead atoms. The largest absolute Gasteiger partial charge is 0.352 e. The van der Waals surface area contributed by atoms with E-state index >= 15 is 0 Å². The molecule has 1 N–H and O–H groups in total. The number of hydrogen-bond acceptors (Lipinski definition) is 3. The minimum absolute atomic E-state index is 0.0533. The predicted molar refractivity (Wildman–Crippen MR) is 95.7 cm³/mol. The fraction of sp³-hybridized carbons (Fsp3) is 0.389. The van der Waals surface area contributed by atoms with E-state index in [2.05, 4.69) is 21.2 Å². The molecule has 24 heavy (non-hydrogen) atoms. The van der Waals surface area contributed by atoms with E-state index in [-0.39, 0.29) is 18.2 Å². The zero-order valence-corrected chi connectivity index (χ0v) is 15.0. The predicted octanol–water partition coefficient (Wildman–Crippen LogP) is 2.73. The van der Waals surface area contributed by atoms with Crippen molar-refractivity contribution in [3.63, 3.8) is 0 Å². The number of halogens is 1. The Morgan fingerprint density at radius 2 is 1.96 bits per heavy atom. The van der Waals surface area contributed by atoms with Crippen LogP contribution in [0.2, 0.25) is 0 Å². The smallest absolute Gasteiger partial charge is 0.244 e. The number of amides is 2. The number of rotatable bonds is 5. The van der Waals surface area contributed by atoms with Crippen LogP contribution in [0.25, 0.3) is 6.08 Å². The first-order valence-corrected chi connectivity index (χ1v) is 8.74. The van der Waals surface area contributed by atoms with E-state index in [0.29, 0.717) is 25.6 Å². The maximum absolute atomic E-state index is 11.9. The van der Waals surface area contributed by atoms with Crippen molar-refractivity contribution in [1.82, 2.24) is 10.2 Å². The number of hydrogen-bond donors (Lipinski definition) is 1. The van der Waals surface area contributed by atoms with Crippen LogP contribution in [0.3, 0.4) is 0 Å². The van der Waals surface area contributed by atoms with Crippen molar-refractivity contribution in [3.8, 4) is 6.07 Å². The molecule has 5 nitrogen and oxygen atoms in total. The van der Waals surface area contributed by atoms with Gasteiger partial charge in [-0.1, -0.05) is 28.1 Å². The van der Waals surface area contributed by atoms with E-state index < -0.39 is 0 Å². The average Bonchev–Trinajstić information content (AvgIpc) is 2.60. The molecule has 1 heterocycles. The van der Waals surface area contributed by atoms with E-state index in [1.807, 2.05) is 30.3 Å². The van der Waals surface area contributed by atoms with Gasteiger partial charge in [-0.3, -0.25) is 9.59 Å². The maximum atomic E-state index is 11.9. The van der Waals surface area contributed by atoms with Gasteiger partial charge in [0.05, 0.1) is 6.07 Å². The van der Waals surface area contributed by atoms with Crippen molar-refractivity contribution >= 4 is 33.8 Å². The first kappa shape index (κ1) is 18.2. The Kier molecular flexibility index (Phi) is 7.01. The van der Waals surface area contributed by atoms with Crippen LogP contribution in [-0.4, -0.2) is 36.3 Å². The quantitative estimate of drug-likeness (QED) is 0.786.